The van der Waals surface area contributed by atoms with Gasteiger partial charge in [0.1, 0.15) is 65.0 Å². The minimum Gasteiger partial charge on any atom is -0.497 e. The van der Waals surface area contributed by atoms with Crippen molar-refractivity contribution in [2.45, 2.75) is 115 Å². The van der Waals surface area contributed by atoms with Crippen LogP contribution in [0.15, 0.2) is 90.2 Å². The predicted molar refractivity (Wildman–Crippen MR) is 317 cm³/mol. The molecule has 0 amide bonds. The highest BCUT2D eigenvalue weighted by Gasteiger charge is 2.52. The number of nitrogens with zero attached hydrogens (tertiary/aromatic N) is 6. The zero-order valence-electron chi connectivity index (χ0n) is 47.2. The van der Waals surface area contributed by atoms with E-state index >= 15 is 4.39 Å². The monoisotopic (exact) mass is 1310 g/mol. The Bertz CT molecular complexity index is 3150. The molecule has 3 unspecified atom stereocenters. The highest BCUT2D eigenvalue weighted by molar-refractivity contribution is 14.1. The van der Waals surface area contributed by atoms with E-state index in [1.807, 2.05) is 40.1 Å². The molecule has 4 N–H and O–H groups in total. The maximum Gasteiger partial charge on any atom is 0.498 e. The van der Waals surface area contributed by atoms with E-state index in [-0.39, 0.29) is 41.8 Å². The first-order chi connectivity index (χ1) is 39.2. The Balaban J connectivity index is 0.000000150. The lowest BCUT2D eigenvalue weighted by atomic mass is 9.77. The summed E-state index contributed by atoms with van der Waals surface area (Å²) in [7, 11) is 5.43. The molecule has 0 aliphatic carbocycles. The average Bonchev–Trinajstić information content (AvgIpc) is 4.03. The first kappa shape index (κ1) is 62.2. The number of anilines is 2. The van der Waals surface area contributed by atoms with E-state index in [9.17, 15) is 13.2 Å². The number of methoxy groups -OCH3 is 4. The Morgan fingerprint density at radius 2 is 0.890 bits per heavy atom. The van der Waals surface area contributed by atoms with E-state index in [4.69, 9.17) is 53.9 Å². The average molecular weight is 1320 g/mol. The lowest BCUT2D eigenvalue weighted by Crippen LogP contribution is -2.41. The van der Waals surface area contributed by atoms with Crippen molar-refractivity contribution >= 4 is 62.5 Å². The Kier molecular flexibility index (Phi) is 21.0. The van der Waals surface area contributed by atoms with Crippen LogP contribution in [0.2, 0.25) is 0 Å². The third-order valence-electron chi connectivity index (χ3n) is 14.7. The Labute approximate surface area is 497 Å². The van der Waals surface area contributed by atoms with Gasteiger partial charge in [-0.1, -0.05) is 0 Å². The lowest BCUT2D eigenvalue weighted by Gasteiger charge is -2.32. The third-order valence-corrected chi connectivity index (χ3v) is 16.2. The summed E-state index contributed by atoms with van der Waals surface area (Å²) < 4.78 is 113. The van der Waals surface area contributed by atoms with Crippen LogP contribution < -0.4 is 35.9 Å². The fraction of sp³-hybridized carbons (Fsp3) is 0.431. The van der Waals surface area contributed by atoms with E-state index in [0.717, 1.165) is 86.7 Å². The third kappa shape index (κ3) is 14.7. The molecule has 0 spiro atoms. The number of hydrogen-bond acceptors (Lipinski definition) is 14. The molecule has 0 saturated carbocycles. The van der Waals surface area contributed by atoms with E-state index in [1.165, 1.54) is 44.6 Å². The molecule has 4 saturated heterocycles. The molecule has 82 heavy (non-hydrogen) atoms. The van der Waals surface area contributed by atoms with Crippen molar-refractivity contribution in [2.24, 2.45) is 0 Å². The van der Waals surface area contributed by atoms with E-state index in [0.29, 0.717) is 66.4 Å². The Morgan fingerprint density at radius 3 is 1.29 bits per heavy atom. The number of aromatic nitrogens is 6. The summed E-state index contributed by atoms with van der Waals surface area (Å²) in [5.74, 6) is 0.672. The first-order valence-corrected chi connectivity index (χ1v) is 28.8. The van der Waals surface area contributed by atoms with Crippen LogP contribution in [0.1, 0.15) is 104 Å². The van der Waals surface area contributed by atoms with Gasteiger partial charge in [0, 0.05) is 89.4 Å². The molecule has 440 valence electrons. The van der Waals surface area contributed by atoms with Crippen molar-refractivity contribution in [1.82, 2.24) is 29.3 Å². The van der Waals surface area contributed by atoms with Crippen LogP contribution in [0.4, 0.5) is 28.9 Å². The Hall–Kier alpha value is -5.90. The van der Waals surface area contributed by atoms with Gasteiger partial charge >= 0.3 is 7.12 Å². The van der Waals surface area contributed by atoms with Crippen LogP contribution in [0.3, 0.4) is 0 Å². The summed E-state index contributed by atoms with van der Waals surface area (Å²) in [5, 5.41) is 13.0. The molecule has 24 heteroatoms. The SMILES string of the molecule is COc1cc(-c2cnn(C3CCCCO3)c2)c(F)cc1B1OC(C)(C)C(C)(C)O1.COc1cc(-c2cnn(C3CCCCO3)c2)c(F)cc1I.COc1cc(-c2cnn(C3CCCCO3)c2)c(F)cc1N.COc1cc(Br)c(F)cc1N. The minimum absolute atomic E-state index is 0.0405. The second-order valence-electron chi connectivity index (χ2n) is 20.8. The van der Waals surface area contributed by atoms with Crippen molar-refractivity contribution < 1.29 is 60.0 Å². The van der Waals surface area contributed by atoms with Crippen LogP contribution in [-0.2, 0) is 23.5 Å². The van der Waals surface area contributed by atoms with Crippen LogP contribution in [0.5, 0.6) is 23.0 Å². The van der Waals surface area contributed by atoms with Crippen molar-refractivity contribution in [1.29, 1.82) is 0 Å². The number of benzene rings is 4. The van der Waals surface area contributed by atoms with Crippen molar-refractivity contribution in [3.05, 3.63) is 117 Å². The van der Waals surface area contributed by atoms with Crippen LogP contribution in [-0.4, -0.2) is 95.9 Å². The summed E-state index contributed by atoms with van der Waals surface area (Å²) in [4.78, 5) is 0. The lowest BCUT2D eigenvalue weighted by molar-refractivity contribution is -0.0395. The summed E-state index contributed by atoms with van der Waals surface area (Å²) >= 11 is 5.07. The van der Waals surface area contributed by atoms with Gasteiger partial charge in [0.25, 0.3) is 0 Å². The number of nitrogens with two attached hydrogens (primary N) is 2. The molecular formula is C58H69BBrF4IN8O9. The fourth-order valence-corrected chi connectivity index (χ4v) is 10.4. The van der Waals surface area contributed by atoms with Gasteiger partial charge in [-0.2, -0.15) is 15.3 Å². The molecular weight excluding hydrogens is 1250 g/mol. The highest BCUT2D eigenvalue weighted by Crippen LogP contribution is 2.39. The second kappa shape index (κ2) is 27.7. The predicted octanol–water partition coefficient (Wildman–Crippen LogP) is 12.9. The highest BCUT2D eigenvalue weighted by atomic mass is 127. The van der Waals surface area contributed by atoms with Crippen molar-refractivity contribution in [3.8, 4) is 56.4 Å². The number of ether oxygens (including phenoxy) is 7. The van der Waals surface area contributed by atoms with Gasteiger partial charge in [0.2, 0.25) is 0 Å². The normalized spacial score (nSPS) is 19.1. The quantitative estimate of drug-likeness (QED) is 0.0539. The number of halogens is 6. The standard InChI is InChI=1S/C21H28BFN2O4.C15H16FIN2O2.C15H18FN3O2.C7H7BrFNO/c1-20(2)21(3,4)29-22(28-20)16-11-17(23)15(10-18(16)26-5)14-12-24-25(13-14)19-8-6-7-9-27-19;2*1-20-14-6-11(12(16)7-13(14)17)10-8-18-19(9-10)15-4-2-3-5-21-15;1-11-7-2-4(8)5(9)3-6(7)10/h10-13,19H,6-9H2,1-5H3;6-9,15H,2-5H2,1H3;6-9,15H,2-5,17H2,1H3;2-3H,10H2,1H3. The molecule has 17 nitrogen and oxygen atoms in total. The van der Waals surface area contributed by atoms with Crippen molar-refractivity contribution in [3.63, 3.8) is 0 Å². The molecule has 0 radical (unpaired) electrons. The van der Waals surface area contributed by atoms with E-state index in [1.54, 1.807) is 71.3 Å². The summed E-state index contributed by atoms with van der Waals surface area (Å²) in [6.45, 7) is 10.1. The zero-order valence-corrected chi connectivity index (χ0v) is 50.9. The molecule has 4 fully saturated rings. The molecule has 3 atom stereocenters. The largest absolute Gasteiger partial charge is 0.498 e. The maximum atomic E-state index is 15.1. The van der Waals surface area contributed by atoms with Gasteiger partial charge in [-0.15, -0.1) is 0 Å². The van der Waals surface area contributed by atoms with Crippen molar-refractivity contribution in [2.75, 3.05) is 59.7 Å². The second-order valence-corrected chi connectivity index (χ2v) is 22.8. The molecule has 4 aliphatic heterocycles. The van der Waals surface area contributed by atoms with Gasteiger partial charge in [-0.05, 0) is 160 Å². The van der Waals surface area contributed by atoms with Crippen LogP contribution >= 0.6 is 38.5 Å². The smallest absolute Gasteiger partial charge is 0.497 e. The van der Waals surface area contributed by atoms with Crippen LogP contribution in [0, 0.1) is 26.8 Å². The topological polar surface area (TPSA) is 189 Å². The summed E-state index contributed by atoms with van der Waals surface area (Å²) in [6, 6.07) is 11.9. The van der Waals surface area contributed by atoms with Gasteiger partial charge in [-0.25, -0.2) is 31.6 Å². The molecule has 11 rings (SSSR count). The number of nitrogen functional groups attached to an aromatic ring is 2. The zero-order chi connectivity index (χ0) is 58.9. The maximum absolute atomic E-state index is 15.1. The molecule has 4 aromatic carbocycles. The van der Waals surface area contributed by atoms with Gasteiger partial charge < -0.3 is 53.9 Å². The molecule has 0 bridgehead atoms. The molecule has 7 heterocycles. The minimum atomic E-state index is -0.697. The van der Waals surface area contributed by atoms with Gasteiger partial charge in [0.05, 0.1) is 77.6 Å². The molecule has 4 aliphatic rings. The summed E-state index contributed by atoms with van der Waals surface area (Å²) in [5.41, 5.74) is 14.6. The fourth-order valence-electron chi connectivity index (χ4n) is 9.42. The van der Waals surface area contributed by atoms with E-state index < -0.39 is 24.1 Å². The number of hydrogen-bond donors (Lipinski definition) is 2. The first-order valence-electron chi connectivity index (χ1n) is 26.9. The molecule has 7 aromatic rings. The van der Waals surface area contributed by atoms with E-state index in [2.05, 4.69) is 53.8 Å². The van der Waals surface area contributed by atoms with Gasteiger partial charge in [0.15, 0.2) is 0 Å². The van der Waals surface area contributed by atoms with Crippen LogP contribution in [0.25, 0.3) is 33.4 Å². The molecule has 3 aromatic heterocycles. The Morgan fingerprint density at radius 1 is 0.524 bits per heavy atom. The number of rotatable bonds is 11. The summed E-state index contributed by atoms with van der Waals surface area (Å²) in [6.07, 6.45) is 19.6. The van der Waals surface area contributed by atoms with Gasteiger partial charge in [-0.3, -0.25) is 0 Å².